The minimum Gasteiger partial charge on any atom is -0.475 e. The molecule has 1 saturated carbocycles. The lowest BCUT2D eigenvalue weighted by atomic mass is 9.92. The summed E-state index contributed by atoms with van der Waals surface area (Å²) in [5, 5.41) is 8.67. The Morgan fingerprint density at radius 1 is 1.38 bits per heavy atom. The van der Waals surface area contributed by atoms with Crippen LogP contribution in [-0.2, 0) is 0 Å². The van der Waals surface area contributed by atoms with Gasteiger partial charge < -0.3 is 14.4 Å². The van der Waals surface area contributed by atoms with Gasteiger partial charge in [-0.3, -0.25) is 4.79 Å². The van der Waals surface area contributed by atoms with Gasteiger partial charge in [0.05, 0.1) is 0 Å². The molecule has 2 rings (SSSR count). The first-order valence-corrected chi connectivity index (χ1v) is 5.20. The van der Waals surface area contributed by atoms with Gasteiger partial charge in [0.25, 0.3) is 5.91 Å². The van der Waals surface area contributed by atoms with Crippen LogP contribution in [0, 0.1) is 0 Å². The first-order valence-electron chi connectivity index (χ1n) is 5.20. The second-order valence-corrected chi connectivity index (χ2v) is 3.97. The van der Waals surface area contributed by atoms with Crippen molar-refractivity contribution in [3.63, 3.8) is 0 Å². The van der Waals surface area contributed by atoms with Crippen LogP contribution in [0.25, 0.3) is 0 Å². The van der Waals surface area contributed by atoms with Gasteiger partial charge in [-0.25, -0.2) is 4.79 Å². The molecule has 0 atom stereocenters. The van der Waals surface area contributed by atoms with E-state index in [2.05, 4.69) is 0 Å². The Kier molecular flexibility index (Phi) is 2.68. The van der Waals surface area contributed by atoms with Crippen molar-refractivity contribution in [1.29, 1.82) is 0 Å². The quantitative estimate of drug-likeness (QED) is 0.844. The third kappa shape index (κ3) is 1.80. The van der Waals surface area contributed by atoms with Gasteiger partial charge in [-0.15, -0.1) is 0 Å². The zero-order valence-electron chi connectivity index (χ0n) is 8.97. The summed E-state index contributed by atoms with van der Waals surface area (Å²) in [5.74, 6) is -1.53. The van der Waals surface area contributed by atoms with Crippen LogP contribution in [0.15, 0.2) is 16.5 Å². The number of amides is 1. The molecule has 5 heteroatoms. The van der Waals surface area contributed by atoms with Crippen LogP contribution in [0.3, 0.4) is 0 Å². The summed E-state index contributed by atoms with van der Waals surface area (Å²) in [6.07, 6.45) is 3.16. The molecule has 5 nitrogen and oxygen atoms in total. The molecule has 0 radical (unpaired) electrons. The SMILES string of the molecule is CN(C(=O)c1ccc(C(=O)O)o1)C1CCC1. The number of hydrogen-bond donors (Lipinski definition) is 1. The van der Waals surface area contributed by atoms with Crippen molar-refractivity contribution >= 4 is 11.9 Å². The maximum Gasteiger partial charge on any atom is 0.371 e. The van der Waals surface area contributed by atoms with Crippen LogP contribution in [0.1, 0.15) is 40.4 Å². The van der Waals surface area contributed by atoms with Gasteiger partial charge in [0, 0.05) is 13.1 Å². The third-order valence-corrected chi connectivity index (χ3v) is 2.97. The van der Waals surface area contributed by atoms with Crippen molar-refractivity contribution in [2.75, 3.05) is 7.05 Å². The molecular weight excluding hydrogens is 210 g/mol. The van der Waals surface area contributed by atoms with Crippen LogP contribution in [0.4, 0.5) is 0 Å². The lowest BCUT2D eigenvalue weighted by Crippen LogP contribution is -2.41. The number of aromatic carboxylic acids is 1. The molecular formula is C11H13NO4. The Morgan fingerprint density at radius 3 is 2.44 bits per heavy atom. The largest absolute Gasteiger partial charge is 0.475 e. The van der Waals surface area contributed by atoms with E-state index in [1.54, 1.807) is 11.9 Å². The lowest BCUT2D eigenvalue weighted by molar-refractivity contribution is 0.0603. The molecule has 86 valence electrons. The Labute approximate surface area is 92.7 Å². The number of nitrogens with zero attached hydrogens (tertiary/aromatic N) is 1. The number of furan rings is 1. The van der Waals surface area contributed by atoms with Crippen molar-refractivity contribution in [3.8, 4) is 0 Å². The van der Waals surface area contributed by atoms with E-state index in [1.165, 1.54) is 12.1 Å². The first kappa shape index (κ1) is 10.7. The monoisotopic (exact) mass is 223 g/mol. The molecule has 0 aromatic carbocycles. The van der Waals surface area contributed by atoms with E-state index in [9.17, 15) is 9.59 Å². The zero-order valence-corrected chi connectivity index (χ0v) is 8.97. The first-order chi connectivity index (χ1) is 7.59. The number of carbonyl (C=O) groups excluding carboxylic acids is 1. The summed E-state index contributed by atoms with van der Waals surface area (Å²) < 4.78 is 4.96. The number of hydrogen-bond acceptors (Lipinski definition) is 3. The fourth-order valence-electron chi connectivity index (χ4n) is 1.68. The molecule has 0 bridgehead atoms. The molecule has 0 saturated heterocycles. The van der Waals surface area contributed by atoms with Gasteiger partial charge in [0.15, 0.2) is 5.76 Å². The molecule has 16 heavy (non-hydrogen) atoms. The Morgan fingerprint density at radius 2 is 2.00 bits per heavy atom. The van der Waals surface area contributed by atoms with E-state index in [-0.39, 0.29) is 23.5 Å². The maximum atomic E-state index is 11.9. The smallest absolute Gasteiger partial charge is 0.371 e. The van der Waals surface area contributed by atoms with Crippen LogP contribution in [-0.4, -0.2) is 35.0 Å². The van der Waals surface area contributed by atoms with Gasteiger partial charge in [-0.2, -0.15) is 0 Å². The van der Waals surface area contributed by atoms with E-state index in [0.717, 1.165) is 19.3 Å². The van der Waals surface area contributed by atoms with Crippen LogP contribution in [0.5, 0.6) is 0 Å². The van der Waals surface area contributed by atoms with Gasteiger partial charge in [-0.1, -0.05) is 0 Å². The maximum absolute atomic E-state index is 11.9. The van der Waals surface area contributed by atoms with Crippen molar-refractivity contribution in [3.05, 3.63) is 23.7 Å². The van der Waals surface area contributed by atoms with E-state index < -0.39 is 5.97 Å². The van der Waals surface area contributed by atoms with E-state index in [0.29, 0.717) is 0 Å². The highest BCUT2D eigenvalue weighted by Crippen LogP contribution is 2.25. The normalized spacial score (nSPS) is 15.6. The van der Waals surface area contributed by atoms with Crippen molar-refractivity contribution in [2.45, 2.75) is 25.3 Å². The molecule has 1 amide bonds. The summed E-state index contributed by atoms with van der Waals surface area (Å²) in [7, 11) is 1.72. The second-order valence-electron chi connectivity index (χ2n) is 3.97. The third-order valence-electron chi connectivity index (χ3n) is 2.97. The van der Waals surface area contributed by atoms with Crippen LogP contribution in [0.2, 0.25) is 0 Å². The van der Waals surface area contributed by atoms with Crippen LogP contribution >= 0.6 is 0 Å². The average molecular weight is 223 g/mol. The van der Waals surface area contributed by atoms with E-state index in [1.807, 2.05) is 0 Å². The Balaban J connectivity index is 2.10. The topological polar surface area (TPSA) is 70.8 Å². The summed E-state index contributed by atoms with van der Waals surface area (Å²) >= 11 is 0. The summed E-state index contributed by atoms with van der Waals surface area (Å²) in [6, 6.07) is 2.97. The highest BCUT2D eigenvalue weighted by Gasteiger charge is 2.28. The minimum absolute atomic E-state index is 0.0896. The molecule has 1 aromatic heterocycles. The van der Waals surface area contributed by atoms with E-state index >= 15 is 0 Å². The summed E-state index contributed by atoms with van der Waals surface area (Å²) in [6.45, 7) is 0. The van der Waals surface area contributed by atoms with Gasteiger partial charge in [0.2, 0.25) is 5.76 Å². The zero-order chi connectivity index (χ0) is 11.7. The molecule has 1 heterocycles. The number of carbonyl (C=O) groups is 2. The van der Waals surface area contributed by atoms with E-state index in [4.69, 9.17) is 9.52 Å². The Hall–Kier alpha value is -1.78. The minimum atomic E-state index is -1.16. The Bertz CT molecular complexity index is 419. The molecule has 1 aromatic rings. The summed E-state index contributed by atoms with van der Waals surface area (Å²) in [5.41, 5.74) is 0. The fraction of sp³-hybridized carbons (Fsp3) is 0.455. The van der Waals surface area contributed by atoms with Crippen molar-refractivity contribution in [2.24, 2.45) is 0 Å². The van der Waals surface area contributed by atoms with Crippen LogP contribution < -0.4 is 0 Å². The number of carboxylic acid groups (broad SMARTS) is 1. The van der Waals surface area contributed by atoms with Crippen molar-refractivity contribution in [1.82, 2.24) is 4.90 Å². The van der Waals surface area contributed by atoms with Gasteiger partial charge in [-0.05, 0) is 31.4 Å². The number of rotatable bonds is 3. The van der Waals surface area contributed by atoms with Gasteiger partial charge >= 0.3 is 5.97 Å². The highest BCUT2D eigenvalue weighted by atomic mass is 16.4. The lowest BCUT2D eigenvalue weighted by Gasteiger charge is -2.34. The number of carboxylic acids is 1. The fourth-order valence-corrected chi connectivity index (χ4v) is 1.68. The average Bonchev–Trinajstić information content (AvgIpc) is 2.62. The molecule has 0 unspecified atom stereocenters. The molecule has 1 aliphatic carbocycles. The standard InChI is InChI=1S/C11H13NO4/c1-12(7-3-2-4-7)10(13)8-5-6-9(16-8)11(14)15/h5-7H,2-4H2,1H3,(H,14,15). The molecule has 0 aliphatic heterocycles. The predicted molar refractivity (Wildman–Crippen MR) is 55.4 cm³/mol. The molecule has 1 fully saturated rings. The molecule has 0 spiro atoms. The van der Waals surface area contributed by atoms with Gasteiger partial charge in [0.1, 0.15) is 0 Å². The molecule has 1 aliphatic rings. The van der Waals surface area contributed by atoms with Crippen molar-refractivity contribution < 1.29 is 19.1 Å². The highest BCUT2D eigenvalue weighted by molar-refractivity contribution is 5.93. The summed E-state index contributed by atoms with van der Waals surface area (Å²) in [4.78, 5) is 24.1. The predicted octanol–water partition coefficient (Wildman–Crippen LogP) is 1.60. The second kappa shape index (κ2) is 4.00. The molecule has 1 N–H and O–H groups in total.